The molecular formula is C32H46BrClF6N2O9. The lowest BCUT2D eigenvalue weighted by atomic mass is 9.86. The van der Waals surface area contributed by atoms with Gasteiger partial charge in [-0.3, -0.25) is 14.4 Å². The van der Waals surface area contributed by atoms with Crippen LogP contribution in [0, 0.1) is 0 Å². The predicted octanol–water partition coefficient (Wildman–Crippen LogP) is 5.93. The highest BCUT2D eigenvalue weighted by atomic mass is 79.9. The Balaban J connectivity index is 0.000000841. The quantitative estimate of drug-likeness (QED) is 0.140. The number of amides is 1. The number of alkyl halides is 7. The molecule has 51 heavy (non-hydrogen) atoms. The first-order valence-electron chi connectivity index (χ1n) is 15.7. The fourth-order valence-electron chi connectivity index (χ4n) is 4.94. The number of hydrogen-bond acceptors (Lipinski definition) is 9. The van der Waals surface area contributed by atoms with E-state index in [1.807, 2.05) is 0 Å². The number of esters is 1. The van der Waals surface area contributed by atoms with Crippen LogP contribution in [0.3, 0.4) is 0 Å². The number of nitrogens with zero attached hydrogens (tertiary/aromatic N) is 1. The van der Waals surface area contributed by atoms with Crippen molar-refractivity contribution >= 4 is 52.2 Å². The number of carboxylic acid groups (broad SMARTS) is 1. The number of piperidine rings is 2. The van der Waals surface area contributed by atoms with Crippen molar-refractivity contribution in [2.45, 2.75) is 102 Å². The third-order valence-electron chi connectivity index (χ3n) is 7.35. The predicted molar refractivity (Wildman–Crippen MR) is 179 cm³/mol. The van der Waals surface area contributed by atoms with E-state index in [0.717, 1.165) is 0 Å². The van der Waals surface area contributed by atoms with Crippen LogP contribution in [0.25, 0.3) is 0 Å². The summed E-state index contributed by atoms with van der Waals surface area (Å²) in [5.74, 6) is -1.83. The van der Waals surface area contributed by atoms with Crippen molar-refractivity contribution in [3.63, 3.8) is 0 Å². The lowest BCUT2D eigenvalue weighted by molar-refractivity contribution is -0.145. The third-order valence-corrected chi connectivity index (χ3v) is 7.81. The molecule has 0 aromatic heterocycles. The Morgan fingerprint density at radius 2 is 1.33 bits per heavy atom. The maximum absolute atomic E-state index is 12.8. The molecule has 1 amide bonds. The second-order valence-electron chi connectivity index (χ2n) is 13.0. The first-order chi connectivity index (χ1) is 22.8. The van der Waals surface area contributed by atoms with Crippen molar-refractivity contribution in [3.05, 3.63) is 34.9 Å². The molecule has 0 saturated carbocycles. The molecule has 0 bridgehead atoms. The van der Waals surface area contributed by atoms with E-state index in [1.54, 1.807) is 27.7 Å². The van der Waals surface area contributed by atoms with Crippen molar-refractivity contribution < 1.29 is 70.3 Å². The van der Waals surface area contributed by atoms with Gasteiger partial charge < -0.3 is 35.0 Å². The zero-order valence-corrected chi connectivity index (χ0v) is 31.1. The molecule has 3 rings (SSSR count). The number of rotatable bonds is 8. The standard InChI is InChI=1S/C16H17F6NO2.C12H21NO5.C4H7BrO2.ClH/c17-15(18,19)11-5-10(6-12(8-11)16(20,21)22)7-13(24)9-14(25)1-3-23-4-2-14;1-11(2,3)18-10(16)13-6-4-12(17,5-7-13)8-9(14)15;1-2-7-4(6)3-5;/h5-6,8,23,25H,1-4,7,9H2;17H,4-8H2,1-3H3,(H,14,15);2-3H2,1H3;1H. The molecule has 2 aliphatic rings. The van der Waals surface area contributed by atoms with Crippen LogP contribution in [-0.2, 0) is 42.6 Å². The number of hydrogen-bond donors (Lipinski definition) is 4. The molecule has 1 aromatic rings. The van der Waals surface area contributed by atoms with E-state index in [4.69, 9.17) is 9.84 Å². The maximum Gasteiger partial charge on any atom is 0.416 e. The van der Waals surface area contributed by atoms with Crippen LogP contribution in [-0.4, -0.2) is 99.0 Å². The number of nitrogens with one attached hydrogen (secondary N) is 1. The summed E-state index contributed by atoms with van der Waals surface area (Å²) in [5.41, 5.74) is -6.30. The molecule has 2 aliphatic heterocycles. The van der Waals surface area contributed by atoms with Crippen LogP contribution in [0.2, 0.25) is 0 Å². The van der Waals surface area contributed by atoms with E-state index < -0.39 is 64.5 Å². The van der Waals surface area contributed by atoms with Crippen molar-refractivity contribution in [2.75, 3.05) is 38.1 Å². The average molecular weight is 832 g/mol. The number of ether oxygens (including phenoxy) is 2. The molecule has 0 atom stereocenters. The number of likely N-dealkylation sites (tertiary alicyclic amines) is 1. The summed E-state index contributed by atoms with van der Waals surface area (Å²) >= 11 is 2.94. The van der Waals surface area contributed by atoms with Crippen LogP contribution in [0.1, 0.15) is 82.9 Å². The van der Waals surface area contributed by atoms with Crippen LogP contribution in [0.15, 0.2) is 18.2 Å². The highest BCUT2D eigenvalue weighted by Crippen LogP contribution is 2.37. The number of carbonyl (C=O) groups excluding carboxylic acids is 3. The minimum atomic E-state index is -4.95. The van der Waals surface area contributed by atoms with Crippen molar-refractivity contribution in [3.8, 4) is 0 Å². The van der Waals surface area contributed by atoms with E-state index in [2.05, 4.69) is 26.0 Å². The normalized spacial score (nSPS) is 16.9. The maximum atomic E-state index is 12.8. The number of carbonyl (C=O) groups is 4. The summed E-state index contributed by atoms with van der Waals surface area (Å²) in [7, 11) is 0. The van der Waals surface area contributed by atoms with Crippen LogP contribution >= 0.6 is 28.3 Å². The van der Waals surface area contributed by atoms with E-state index in [0.29, 0.717) is 63.1 Å². The summed E-state index contributed by atoms with van der Waals surface area (Å²) in [6.07, 6.45) is -10.4. The fraction of sp³-hybridized carbons (Fsp3) is 0.688. The number of aliphatic hydroxyl groups is 2. The molecular weight excluding hydrogens is 786 g/mol. The van der Waals surface area contributed by atoms with E-state index in [1.165, 1.54) is 4.90 Å². The molecule has 2 heterocycles. The molecule has 0 spiro atoms. The largest absolute Gasteiger partial charge is 0.481 e. The fourth-order valence-corrected chi connectivity index (χ4v) is 5.10. The second-order valence-corrected chi connectivity index (χ2v) is 13.5. The van der Waals surface area contributed by atoms with E-state index in [-0.39, 0.29) is 55.7 Å². The molecule has 0 aliphatic carbocycles. The summed E-state index contributed by atoms with van der Waals surface area (Å²) in [6.45, 7) is 9.22. The lowest BCUT2D eigenvalue weighted by Gasteiger charge is -2.37. The van der Waals surface area contributed by atoms with Crippen molar-refractivity contribution in [2.24, 2.45) is 0 Å². The minimum Gasteiger partial charge on any atom is -0.481 e. The highest BCUT2D eigenvalue weighted by Gasteiger charge is 2.39. The Kier molecular flexibility index (Phi) is 19.5. The topological polar surface area (TPSA) is 163 Å². The second kappa shape index (κ2) is 20.5. The molecule has 0 radical (unpaired) electrons. The molecule has 0 unspecified atom stereocenters. The first kappa shape index (κ1) is 48.3. The van der Waals surface area contributed by atoms with Gasteiger partial charge in [-0.05, 0) is 90.2 Å². The number of benzene rings is 1. The van der Waals surface area contributed by atoms with Gasteiger partial charge in [0.05, 0.1) is 35.4 Å². The number of carboxylic acids is 1. The summed E-state index contributed by atoms with van der Waals surface area (Å²) in [6, 6.07) is 1.10. The first-order valence-corrected chi connectivity index (χ1v) is 16.8. The number of ketones is 1. The van der Waals surface area contributed by atoms with Gasteiger partial charge in [-0.1, -0.05) is 15.9 Å². The van der Waals surface area contributed by atoms with Crippen LogP contribution < -0.4 is 5.32 Å². The minimum absolute atomic E-state index is 0. The van der Waals surface area contributed by atoms with Gasteiger partial charge in [-0.15, -0.1) is 12.4 Å². The monoisotopic (exact) mass is 830 g/mol. The Morgan fingerprint density at radius 1 is 0.863 bits per heavy atom. The van der Waals surface area contributed by atoms with Gasteiger partial charge in [0.15, 0.2) is 0 Å². The Hall–Kier alpha value is -2.67. The summed E-state index contributed by atoms with van der Waals surface area (Å²) in [5, 5.41) is 32.3. The number of Topliss-reactive ketones (excluding diaryl/α,β-unsaturated/α-hetero) is 1. The lowest BCUT2D eigenvalue weighted by Crippen LogP contribution is -2.48. The zero-order valence-electron chi connectivity index (χ0n) is 28.7. The van der Waals surface area contributed by atoms with Crippen LogP contribution in [0.5, 0.6) is 0 Å². The Labute approximate surface area is 306 Å². The van der Waals surface area contributed by atoms with Gasteiger partial charge in [0.2, 0.25) is 0 Å². The van der Waals surface area contributed by atoms with Gasteiger partial charge in [-0.2, -0.15) is 26.3 Å². The molecule has 2 saturated heterocycles. The van der Waals surface area contributed by atoms with Crippen molar-refractivity contribution in [1.29, 1.82) is 0 Å². The number of aliphatic carboxylic acids is 1. The molecule has 2 fully saturated rings. The number of halogens is 8. The molecule has 1 aromatic carbocycles. The average Bonchev–Trinajstić information content (AvgIpc) is 2.95. The molecule has 11 nitrogen and oxygen atoms in total. The van der Waals surface area contributed by atoms with Gasteiger partial charge in [0.1, 0.15) is 16.7 Å². The van der Waals surface area contributed by atoms with E-state index in [9.17, 15) is 55.7 Å². The zero-order chi connectivity index (χ0) is 38.6. The van der Waals surface area contributed by atoms with Crippen molar-refractivity contribution in [1.82, 2.24) is 10.2 Å². The third kappa shape index (κ3) is 19.1. The Morgan fingerprint density at radius 3 is 1.71 bits per heavy atom. The van der Waals surface area contributed by atoms with Gasteiger partial charge in [0.25, 0.3) is 0 Å². The van der Waals surface area contributed by atoms with Gasteiger partial charge >= 0.3 is 30.4 Å². The van der Waals surface area contributed by atoms with Crippen LogP contribution in [0.4, 0.5) is 31.1 Å². The summed E-state index contributed by atoms with van der Waals surface area (Å²) in [4.78, 5) is 46.1. The van der Waals surface area contributed by atoms with Gasteiger partial charge in [-0.25, -0.2) is 4.79 Å². The highest BCUT2D eigenvalue weighted by molar-refractivity contribution is 9.09. The Bertz CT molecular complexity index is 1260. The molecule has 294 valence electrons. The SMILES string of the molecule is CC(C)(C)OC(=O)N1CCC(O)(CC(=O)O)CC1.CCOC(=O)CBr.Cl.O=C(Cc1cc(C(F)(F)F)cc(C(F)(F)F)c1)CC1(O)CCNCC1. The van der Waals surface area contributed by atoms with Gasteiger partial charge in [0, 0.05) is 25.9 Å². The molecule has 19 heteroatoms. The smallest absolute Gasteiger partial charge is 0.416 e. The molecule has 4 N–H and O–H groups in total. The summed E-state index contributed by atoms with van der Waals surface area (Å²) < 4.78 is 86.6. The van der Waals surface area contributed by atoms with E-state index >= 15 is 0 Å².